The lowest BCUT2D eigenvalue weighted by Gasteiger charge is -2.14. The molecule has 2 aromatic rings. The highest BCUT2D eigenvalue weighted by Crippen LogP contribution is 2.14. The van der Waals surface area contributed by atoms with Gasteiger partial charge in [-0.2, -0.15) is 0 Å². The molecule has 4 nitrogen and oxygen atoms in total. The number of carbonyl (C=O) groups is 2. The monoisotopic (exact) mass is 331 g/mol. The van der Waals surface area contributed by atoms with Crippen molar-refractivity contribution in [2.24, 2.45) is 0 Å². The van der Waals surface area contributed by atoms with Gasteiger partial charge in [-0.3, -0.25) is 4.79 Å². The number of hydrogen-bond donors (Lipinski definition) is 1. The van der Waals surface area contributed by atoms with Gasteiger partial charge in [0.05, 0.1) is 10.6 Å². The fourth-order valence-electron chi connectivity index (χ4n) is 1.94. The molecule has 0 spiro atoms. The van der Waals surface area contributed by atoms with Crippen LogP contribution in [0.1, 0.15) is 28.4 Å². The summed E-state index contributed by atoms with van der Waals surface area (Å²) in [6, 6.07) is 13.6. The number of aryl methyl sites for hydroxylation is 1. The van der Waals surface area contributed by atoms with Crippen LogP contribution in [-0.4, -0.2) is 17.9 Å². The molecule has 0 aromatic heterocycles. The van der Waals surface area contributed by atoms with E-state index in [-0.39, 0.29) is 6.61 Å². The summed E-state index contributed by atoms with van der Waals surface area (Å²) in [4.78, 5) is 24.1. The van der Waals surface area contributed by atoms with Gasteiger partial charge in [0.25, 0.3) is 5.91 Å². The van der Waals surface area contributed by atoms with E-state index in [1.807, 2.05) is 31.2 Å². The Balaban J connectivity index is 1.88. The van der Waals surface area contributed by atoms with Crippen molar-refractivity contribution in [2.75, 3.05) is 0 Å². The van der Waals surface area contributed by atoms with Crippen molar-refractivity contribution in [1.29, 1.82) is 0 Å². The van der Waals surface area contributed by atoms with E-state index in [0.717, 1.165) is 11.1 Å². The second kappa shape index (κ2) is 7.79. The van der Waals surface area contributed by atoms with Crippen molar-refractivity contribution in [3.8, 4) is 0 Å². The smallest absolute Gasteiger partial charge is 0.328 e. The van der Waals surface area contributed by atoms with Crippen molar-refractivity contribution in [1.82, 2.24) is 5.32 Å². The topological polar surface area (TPSA) is 55.4 Å². The number of halogens is 1. The van der Waals surface area contributed by atoms with Crippen LogP contribution in [-0.2, 0) is 16.1 Å². The van der Waals surface area contributed by atoms with E-state index in [9.17, 15) is 9.59 Å². The predicted molar refractivity (Wildman–Crippen MR) is 89.4 cm³/mol. The number of esters is 1. The van der Waals surface area contributed by atoms with E-state index >= 15 is 0 Å². The van der Waals surface area contributed by atoms with Crippen LogP contribution in [0, 0.1) is 6.92 Å². The van der Waals surface area contributed by atoms with Crippen LogP contribution in [0.3, 0.4) is 0 Å². The molecular weight excluding hydrogens is 314 g/mol. The molecule has 0 aliphatic carbocycles. The predicted octanol–water partition coefficient (Wildman–Crippen LogP) is 3.51. The fraction of sp³-hybridized carbons (Fsp3) is 0.222. The van der Waals surface area contributed by atoms with E-state index < -0.39 is 17.9 Å². The van der Waals surface area contributed by atoms with Crippen LogP contribution in [0.4, 0.5) is 0 Å². The van der Waals surface area contributed by atoms with Crippen LogP contribution in [0.2, 0.25) is 5.02 Å². The van der Waals surface area contributed by atoms with Crippen LogP contribution in [0.5, 0.6) is 0 Å². The average Bonchev–Trinajstić information content (AvgIpc) is 2.54. The SMILES string of the molecule is Cc1ccc(COC(=O)[C@H](C)NC(=O)c2ccccc2Cl)cc1. The molecule has 120 valence electrons. The van der Waals surface area contributed by atoms with Gasteiger partial charge in [0.15, 0.2) is 0 Å². The minimum absolute atomic E-state index is 0.172. The molecule has 0 heterocycles. The third kappa shape index (κ3) is 4.83. The molecule has 0 unspecified atom stereocenters. The van der Waals surface area contributed by atoms with Gasteiger partial charge in [0, 0.05) is 0 Å². The van der Waals surface area contributed by atoms with Gasteiger partial charge < -0.3 is 10.1 Å². The second-order valence-electron chi connectivity index (χ2n) is 5.27. The summed E-state index contributed by atoms with van der Waals surface area (Å²) in [5, 5.41) is 2.92. The summed E-state index contributed by atoms with van der Waals surface area (Å²) in [5.74, 6) is -0.902. The average molecular weight is 332 g/mol. The molecule has 0 fully saturated rings. The summed E-state index contributed by atoms with van der Waals surface area (Å²) in [6.45, 7) is 3.74. The van der Waals surface area contributed by atoms with Gasteiger partial charge in [0.2, 0.25) is 0 Å². The van der Waals surface area contributed by atoms with Crippen molar-refractivity contribution < 1.29 is 14.3 Å². The normalized spacial score (nSPS) is 11.6. The largest absolute Gasteiger partial charge is 0.459 e. The minimum atomic E-state index is -0.760. The molecule has 1 amide bonds. The number of hydrogen-bond acceptors (Lipinski definition) is 3. The first-order valence-electron chi connectivity index (χ1n) is 7.25. The standard InChI is InChI=1S/C18H18ClNO3/c1-12-7-9-14(10-8-12)11-23-18(22)13(2)20-17(21)15-5-3-4-6-16(15)19/h3-10,13H,11H2,1-2H3,(H,20,21)/t13-/m0/s1. The molecule has 0 aliphatic heterocycles. The number of carbonyl (C=O) groups excluding carboxylic acids is 2. The van der Waals surface area contributed by atoms with E-state index in [4.69, 9.17) is 16.3 Å². The molecular formula is C18H18ClNO3. The minimum Gasteiger partial charge on any atom is -0.459 e. The lowest BCUT2D eigenvalue weighted by molar-refractivity contribution is -0.146. The Morgan fingerprint density at radius 2 is 1.78 bits per heavy atom. The zero-order chi connectivity index (χ0) is 16.8. The van der Waals surface area contributed by atoms with E-state index in [1.54, 1.807) is 31.2 Å². The van der Waals surface area contributed by atoms with Crippen molar-refractivity contribution in [3.05, 3.63) is 70.2 Å². The van der Waals surface area contributed by atoms with Crippen molar-refractivity contribution in [3.63, 3.8) is 0 Å². The summed E-state index contributed by atoms with van der Waals surface area (Å²) >= 11 is 5.96. The number of ether oxygens (including phenoxy) is 1. The molecule has 0 saturated heterocycles. The molecule has 0 saturated carbocycles. The van der Waals surface area contributed by atoms with Gasteiger partial charge in [-0.05, 0) is 31.5 Å². The molecule has 5 heteroatoms. The lowest BCUT2D eigenvalue weighted by Crippen LogP contribution is -2.39. The number of amides is 1. The molecule has 0 bridgehead atoms. The number of benzene rings is 2. The maximum absolute atomic E-state index is 12.1. The Labute approximate surface area is 140 Å². The molecule has 0 radical (unpaired) electrons. The van der Waals surface area contributed by atoms with Crippen molar-refractivity contribution in [2.45, 2.75) is 26.5 Å². The second-order valence-corrected chi connectivity index (χ2v) is 5.68. The quantitative estimate of drug-likeness (QED) is 0.853. The van der Waals surface area contributed by atoms with Crippen LogP contribution in [0.15, 0.2) is 48.5 Å². The Morgan fingerprint density at radius 3 is 2.43 bits per heavy atom. The highest BCUT2D eigenvalue weighted by atomic mass is 35.5. The van der Waals surface area contributed by atoms with Crippen LogP contribution < -0.4 is 5.32 Å². The Morgan fingerprint density at radius 1 is 1.13 bits per heavy atom. The van der Waals surface area contributed by atoms with E-state index in [1.165, 1.54) is 0 Å². The van der Waals surface area contributed by atoms with E-state index in [2.05, 4.69) is 5.32 Å². The zero-order valence-electron chi connectivity index (χ0n) is 13.0. The van der Waals surface area contributed by atoms with Gasteiger partial charge in [-0.15, -0.1) is 0 Å². The van der Waals surface area contributed by atoms with Crippen LogP contribution >= 0.6 is 11.6 Å². The summed E-state index contributed by atoms with van der Waals surface area (Å²) < 4.78 is 5.21. The lowest BCUT2D eigenvalue weighted by atomic mass is 10.2. The molecule has 1 atom stereocenters. The maximum Gasteiger partial charge on any atom is 0.328 e. The van der Waals surface area contributed by atoms with Gasteiger partial charge in [-0.25, -0.2) is 4.79 Å². The van der Waals surface area contributed by atoms with Gasteiger partial charge in [-0.1, -0.05) is 53.6 Å². The first-order chi connectivity index (χ1) is 11.0. The van der Waals surface area contributed by atoms with Gasteiger partial charge >= 0.3 is 5.97 Å². The zero-order valence-corrected chi connectivity index (χ0v) is 13.8. The first-order valence-corrected chi connectivity index (χ1v) is 7.62. The molecule has 2 rings (SSSR count). The third-order valence-electron chi connectivity index (χ3n) is 3.32. The highest BCUT2D eigenvalue weighted by Gasteiger charge is 2.19. The third-order valence-corrected chi connectivity index (χ3v) is 3.65. The fourth-order valence-corrected chi connectivity index (χ4v) is 2.16. The highest BCUT2D eigenvalue weighted by molar-refractivity contribution is 6.33. The molecule has 23 heavy (non-hydrogen) atoms. The van der Waals surface area contributed by atoms with Crippen LogP contribution in [0.25, 0.3) is 0 Å². The molecule has 2 aromatic carbocycles. The van der Waals surface area contributed by atoms with Crippen molar-refractivity contribution >= 4 is 23.5 Å². The molecule has 1 N–H and O–H groups in total. The van der Waals surface area contributed by atoms with Gasteiger partial charge in [0.1, 0.15) is 12.6 Å². The summed E-state index contributed by atoms with van der Waals surface area (Å²) in [5.41, 5.74) is 2.36. The number of nitrogens with one attached hydrogen (secondary N) is 1. The number of rotatable bonds is 5. The Hall–Kier alpha value is -2.33. The maximum atomic E-state index is 12.1. The Bertz CT molecular complexity index is 698. The van der Waals surface area contributed by atoms with E-state index in [0.29, 0.717) is 10.6 Å². The Kier molecular flexibility index (Phi) is 5.77. The summed E-state index contributed by atoms with van der Waals surface area (Å²) in [7, 11) is 0. The molecule has 0 aliphatic rings. The summed E-state index contributed by atoms with van der Waals surface area (Å²) in [6.07, 6.45) is 0. The first kappa shape index (κ1) is 17.0.